The summed E-state index contributed by atoms with van der Waals surface area (Å²) in [6.45, 7) is 6.78. The first kappa shape index (κ1) is 20.5. The van der Waals surface area contributed by atoms with Crippen molar-refractivity contribution in [3.63, 3.8) is 0 Å². The van der Waals surface area contributed by atoms with Gasteiger partial charge in [0, 0.05) is 32.6 Å². The standard InChI is InChI=1S/C19H33N3O4/c1-14(2)17(18(24)26-3)20-19(25)22-11-7-15(8-12-22)13-16(23)21-9-5-4-6-10-21/h14-15,17H,4-13H2,1-3H3,(H,20,25)/t17-/m1/s1. The lowest BCUT2D eigenvalue weighted by molar-refractivity contribution is -0.144. The summed E-state index contributed by atoms with van der Waals surface area (Å²) >= 11 is 0. The maximum absolute atomic E-state index is 12.4. The minimum Gasteiger partial charge on any atom is -0.467 e. The van der Waals surface area contributed by atoms with Crippen LogP contribution >= 0.6 is 0 Å². The van der Waals surface area contributed by atoms with Crippen molar-refractivity contribution in [2.75, 3.05) is 33.3 Å². The number of hydrogen-bond donors (Lipinski definition) is 1. The number of nitrogens with zero attached hydrogens (tertiary/aromatic N) is 2. The summed E-state index contributed by atoms with van der Waals surface area (Å²) < 4.78 is 4.77. The minimum atomic E-state index is -0.633. The number of rotatable bonds is 5. The van der Waals surface area contributed by atoms with E-state index >= 15 is 0 Å². The molecule has 0 radical (unpaired) electrons. The molecule has 2 heterocycles. The number of carbonyl (C=O) groups is 3. The van der Waals surface area contributed by atoms with Gasteiger partial charge in [0.1, 0.15) is 6.04 Å². The molecule has 2 rings (SSSR count). The van der Waals surface area contributed by atoms with Crippen LogP contribution in [0, 0.1) is 11.8 Å². The van der Waals surface area contributed by atoms with Crippen LogP contribution in [0.25, 0.3) is 0 Å². The van der Waals surface area contributed by atoms with E-state index in [2.05, 4.69) is 5.32 Å². The first-order valence-corrected chi connectivity index (χ1v) is 9.83. The van der Waals surface area contributed by atoms with Gasteiger partial charge in [-0.2, -0.15) is 0 Å². The Labute approximate surface area is 156 Å². The second-order valence-corrected chi connectivity index (χ2v) is 7.77. The van der Waals surface area contributed by atoms with Gasteiger partial charge in [-0.15, -0.1) is 0 Å². The maximum Gasteiger partial charge on any atom is 0.328 e. The first-order chi connectivity index (χ1) is 12.4. The van der Waals surface area contributed by atoms with Crippen molar-refractivity contribution in [3.8, 4) is 0 Å². The molecule has 2 aliphatic heterocycles. The van der Waals surface area contributed by atoms with Crippen LogP contribution in [-0.4, -0.2) is 67.0 Å². The average molecular weight is 367 g/mol. The van der Waals surface area contributed by atoms with Crippen molar-refractivity contribution in [1.82, 2.24) is 15.1 Å². The van der Waals surface area contributed by atoms with Gasteiger partial charge < -0.3 is 19.9 Å². The van der Waals surface area contributed by atoms with E-state index in [0.29, 0.717) is 25.4 Å². The monoisotopic (exact) mass is 367 g/mol. The van der Waals surface area contributed by atoms with Crippen molar-refractivity contribution in [3.05, 3.63) is 0 Å². The van der Waals surface area contributed by atoms with Gasteiger partial charge in [0.2, 0.25) is 5.91 Å². The summed E-state index contributed by atoms with van der Waals surface area (Å²) in [7, 11) is 1.33. The Balaban J connectivity index is 1.77. The number of piperidine rings is 2. The van der Waals surface area contributed by atoms with Crippen molar-refractivity contribution in [2.45, 2.75) is 58.4 Å². The number of likely N-dealkylation sites (tertiary alicyclic amines) is 2. The Bertz CT molecular complexity index is 495. The van der Waals surface area contributed by atoms with Gasteiger partial charge >= 0.3 is 12.0 Å². The fraction of sp³-hybridized carbons (Fsp3) is 0.842. The summed E-state index contributed by atoms with van der Waals surface area (Å²) in [6.07, 6.45) is 5.70. The first-order valence-electron chi connectivity index (χ1n) is 9.83. The smallest absolute Gasteiger partial charge is 0.328 e. The molecule has 0 aromatic rings. The molecule has 0 spiro atoms. The molecule has 2 fully saturated rings. The molecule has 0 unspecified atom stereocenters. The minimum absolute atomic E-state index is 0.0360. The quantitative estimate of drug-likeness (QED) is 0.754. The van der Waals surface area contributed by atoms with E-state index in [0.717, 1.165) is 38.8 Å². The third-order valence-corrected chi connectivity index (χ3v) is 5.47. The Hall–Kier alpha value is -1.79. The fourth-order valence-electron chi connectivity index (χ4n) is 3.71. The highest BCUT2D eigenvalue weighted by Gasteiger charge is 2.30. The molecule has 2 saturated heterocycles. The zero-order valence-corrected chi connectivity index (χ0v) is 16.3. The number of carbonyl (C=O) groups excluding carboxylic acids is 3. The highest BCUT2D eigenvalue weighted by molar-refractivity contribution is 5.83. The van der Waals surface area contributed by atoms with Gasteiger partial charge in [0.25, 0.3) is 0 Å². The second kappa shape index (κ2) is 9.78. The molecule has 0 aromatic carbocycles. The second-order valence-electron chi connectivity index (χ2n) is 7.77. The molecule has 3 amide bonds. The molecule has 0 saturated carbocycles. The molecule has 0 bridgehead atoms. The van der Waals surface area contributed by atoms with Gasteiger partial charge in [0.05, 0.1) is 7.11 Å². The molecule has 0 aromatic heterocycles. The highest BCUT2D eigenvalue weighted by atomic mass is 16.5. The van der Waals surface area contributed by atoms with Crippen LogP contribution in [0.15, 0.2) is 0 Å². The molecule has 26 heavy (non-hydrogen) atoms. The van der Waals surface area contributed by atoms with Crippen molar-refractivity contribution in [2.24, 2.45) is 11.8 Å². The van der Waals surface area contributed by atoms with Crippen LogP contribution in [0.5, 0.6) is 0 Å². The number of amides is 3. The van der Waals surface area contributed by atoms with E-state index in [-0.39, 0.29) is 17.9 Å². The zero-order valence-electron chi connectivity index (χ0n) is 16.3. The average Bonchev–Trinajstić information content (AvgIpc) is 2.66. The summed E-state index contributed by atoms with van der Waals surface area (Å²) in [5, 5.41) is 2.78. The Morgan fingerprint density at radius 1 is 1.00 bits per heavy atom. The van der Waals surface area contributed by atoms with Crippen LogP contribution in [0.1, 0.15) is 52.4 Å². The predicted molar refractivity (Wildman–Crippen MR) is 98.5 cm³/mol. The number of urea groups is 1. The zero-order chi connectivity index (χ0) is 19.1. The van der Waals surface area contributed by atoms with Gasteiger partial charge in [-0.25, -0.2) is 9.59 Å². The van der Waals surface area contributed by atoms with E-state index in [4.69, 9.17) is 4.74 Å². The van der Waals surface area contributed by atoms with Crippen molar-refractivity contribution in [1.29, 1.82) is 0 Å². The van der Waals surface area contributed by atoms with E-state index in [1.54, 1.807) is 4.90 Å². The number of methoxy groups -OCH3 is 1. The third-order valence-electron chi connectivity index (χ3n) is 5.47. The molecular formula is C19H33N3O4. The summed E-state index contributed by atoms with van der Waals surface area (Å²) in [4.78, 5) is 40.4. The normalized spacial score (nSPS) is 20.0. The van der Waals surface area contributed by atoms with Crippen LogP contribution in [0.3, 0.4) is 0 Å². The number of ether oxygens (including phenoxy) is 1. The number of hydrogen-bond acceptors (Lipinski definition) is 4. The van der Waals surface area contributed by atoms with E-state index in [1.807, 2.05) is 18.7 Å². The number of nitrogens with one attached hydrogen (secondary N) is 1. The molecule has 1 N–H and O–H groups in total. The number of esters is 1. The molecule has 2 aliphatic rings. The lowest BCUT2D eigenvalue weighted by Gasteiger charge is -2.34. The Kier molecular flexibility index (Phi) is 7.72. The molecule has 1 atom stereocenters. The van der Waals surface area contributed by atoms with Crippen LogP contribution in [-0.2, 0) is 14.3 Å². The third kappa shape index (κ3) is 5.61. The molecule has 0 aliphatic carbocycles. The van der Waals surface area contributed by atoms with Gasteiger partial charge in [0.15, 0.2) is 0 Å². The van der Waals surface area contributed by atoms with E-state index in [9.17, 15) is 14.4 Å². The topological polar surface area (TPSA) is 79.0 Å². The lowest BCUT2D eigenvalue weighted by atomic mass is 9.92. The van der Waals surface area contributed by atoms with Crippen LogP contribution < -0.4 is 5.32 Å². The molecule has 7 nitrogen and oxygen atoms in total. The SMILES string of the molecule is COC(=O)[C@H](NC(=O)N1CCC(CC(=O)N2CCCCC2)CC1)C(C)C. The van der Waals surface area contributed by atoms with E-state index < -0.39 is 12.0 Å². The van der Waals surface area contributed by atoms with Gasteiger partial charge in [-0.1, -0.05) is 13.8 Å². The Morgan fingerprint density at radius 2 is 1.62 bits per heavy atom. The van der Waals surface area contributed by atoms with Crippen molar-refractivity contribution < 1.29 is 19.1 Å². The van der Waals surface area contributed by atoms with Crippen molar-refractivity contribution >= 4 is 17.9 Å². The summed E-state index contributed by atoms with van der Waals surface area (Å²) in [5.74, 6) is 0.148. The van der Waals surface area contributed by atoms with Gasteiger partial charge in [-0.05, 0) is 43.9 Å². The summed E-state index contributed by atoms with van der Waals surface area (Å²) in [5.41, 5.74) is 0. The maximum atomic E-state index is 12.4. The fourth-order valence-corrected chi connectivity index (χ4v) is 3.71. The van der Waals surface area contributed by atoms with Crippen LogP contribution in [0.2, 0.25) is 0 Å². The molecular weight excluding hydrogens is 334 g/mol. The molecule has 148 valence electrons. The predicted octanol–water partition coefficient (Wildman–Crippen LogP) is 2.01. The largest absolute Gasteiger partial charge is 0.467 e. The van der Waals surface area contributed by atoms with Gasteiger partial charge in [-0.3, -0.25) is 4.79 Å². The van der Waals surface area contributed by atoms with E-state index in [1.165, 1.54) is 13.5 Å². The summed E-state index contributed by atoms with van der Waals surface area (Å²) in [6, 6.07) is -0.860. The Morgan fingerprint density at radius 3 is 2.15 bits per heavy atom. The lowest BCUT2D eigenvalue weighted by Crippen LogP contribution is -2.52. The van der Waals surface area contributed by atoms with Crippen LogP contribution in [0.4, 0.5) is 4.79 Å². The molecule has 7 heteroatoms. The highest BCUT2D eigenvalue weighted by Crippen LogP contribution is 2.23.